The summed E-state index contributed by atoms with van der Waals surface area (Å²) in [6.07, 6.45) is 0. The zero-order valence-corrected chi connectivity index (χ0v) is 10.5. The van der Waals surface area contributed by atoms with Gasteiger partial charge in [-0.25, -0.2) is 0 Å². The van der Waals surface area contributed by atoms with E-state index in [1.165, 1.54) is 0 Å². The molecular weight excluding hydrogens is 238 g/mol. The molecule has 19 heavy (non-hydrogen) atoms. The van der Waals surface area contributed by atoms with Crippen LogP contribution in [0.15, 0.2) is 42.5 Å². The van der Waals surface area contributed by atoms with E-state index in [1.807, 2.05) is 19.1 Å². The number of amides is 1. The highest BCUT2D eigenvalue weighted by Crippen LogP contribution is 2.19. The highest BCUT2D eigenvalue weighted by Gasteiger charge is 2.07. The van der Waals surface area contributed by atoms with Gasteiger partial charge in [-0.3, -0.25) is 4.79 Å². The summed E-state index contributed by atoms with van der Waals surface area (Å²) >= 11 is 0. The van der Waals surface area contributed by atoms with Crippen LogP contribution in [0.25, 0.3) is 0 Å². The molecule has 0 saturated carbocycles. The number of nitrogen functional groups attached to an aromatic ring is 1. The van der Waals surface area contributed by atoms with Crippen molar-refractivity contribution in [3.8, 4) is 6.07 Å². The van der Waals surface area contributed by atoms with Gasteiger partial charge in [0.25, 0.3) is 5.91 Å². The van der Waals surface area contributed by atoms with E-state index in [-0.39, 0.29) is 5.91 Å². The second-order valence-corrected chi connectivity index (χ2v) is 4.22. The van der Waals surface area contributed by atoms with Gasteiger partial charge >= 0.3 is 0 Å². The monoisotopic (exact) mass is 251 g/mol. The minimum Gasteiger partial charge on any atom is -0.399 e. The van der Waals surface area contributed by atoms with Crippen molar-refractivity contribution in [3.63, 3.8) is 0 Å². The number of nitrogens with one attached hydrogen (secondary N) is 1. The summed E-state index contributed by atoms with van der Waals surface area (Å²) in [5, 5.41) is 11.5. The van der Waals surface area contributed by atoms with E-state index in [9.17, 15) is 4.79 Å². The maximum Gasteiger partial charge on any atom is 0.255 e. The lowest BCUT2D eigenvalue weighted by molar-refractivity contribution is 0.102. The fourth-order valence-electron chi connectivity index (χ4n) is 1.66. The molecule has 0 fully saturated rings. The van der Waals surface area contributed by atoms with Crippen molar-refractivity contribution >= 4 is 17.3 Å². The van der Waals surface area contributed by atoms with Crippen molar-refractivity contribution < 1.29 is 4.79 Å². The zero-order valence-electron chi connectivity index (χ0n) is 10.5. The first kappa shape index (κ1) is 12.7. The number of nitrogens with zero attached hydrogens (tertiary/aromatic N) is 1. The average molecular weight is 251 g/mol. The van der Waals surface area contributed by atoms with Crippen LogP contribution in [0.2, 0.25) is 0 Å². The lowest BCUT2D eigenvalue weighted by Gasteiger charge is -2.09. The highest BCUT2D eigenvalue weighted by atomic mass is 16.1. The van der Waals surface area contributed by atoms with E-state index in [0.29, 0.717) is 22.5 Å². The summed E-state index contributed by atoms with van der Waals surface area (Å²) < 4.78 is 0. The molecule has 0 radical (unpaired) electrons. The number of anilines is 2. The standard InChI is InChI=1S/C15H13N3O/c1-10-2-7-13(17)8-14(10)18-15(19)12-5-3-11(9-16)4-6-12/h2-8H,17H2,1H3,(H,18,19). The summed E-state index contributed by atoms with van der Waals surface area (Å²) in [5.74, 6) is -0.224. The number of hydrogen-bond donors (Lipinski definition) is 2. The third kappa shape index (κ3) is 2.90. The Labute approximate surface area is 111 Å². The van der Waals surface area contributed by atoms with Gasteiger partial charge in [0.05, 0.1) is 11.6 Å². The molecule has 4 nitrogen and oxygen atoms in total. The molecule has 0 aliphatic carbocycles. The number of nitrogens with two attached hydrogens (primary N) is 1. The van der Waals surface area contributed by atoms with Crippen molar-refractivity contribution in [2.45, 2.75) is 6.92 Å². The van der Waals surface area contributed by atoms with Crippen LogP contribution >= 0.6 is 0 Å². The van der Waals surface area contributed by atoms with E-state index in [0.717, 1.165) is 5.56 Å². The normalized spacial score (nSPS) is 9.68. The molecule has 0 saturated heterocycles. The third-order valence-corrected chi connectivity index (χ3v) is 2.79. The number of rotatable bonds is 2. The van der Waals surface area contributed by atoms with E-state index in [2.05, 4.69) is 5.32 Å². The van der Waals surface area contributed by atoms with Gasteiger partial charge in [0, 0.05) is 16.9 Å². The molecule has 2 aromatic carbocycles. The quantitative estimate of drug-likeness (QED) is 0.805. The van der Waals surface area contributed by atoms with E-state index >= 15 is 0 Å². The molecule has 0 unspecified atom stereocenters. The summed E-state index contributed by atoms with van der Waals surface area (Å²) in [6, 6.07) is 13.8. The molecule has 0 aliphatic heterocycles. The molecule has 4 heteroatoms. The Morgan fingerprint density at radius 2 is 1.89 bits per heavy atom. The minimum atomic E-state index is -0.224. The van der Waals surface area contributed by atoms with Gasteiger partial charge in [0.1, 0.15) is 0 Å². The van der Waals surface area contributed by atoms with Crippen molar-refractivity contribution in [2.75, 3.05) is 11.1 Å². The van der Waals surface area contributed by atoms with Crippen LogP contribution in [-0.2, 0) is 0 Å². The van der Waals surface area contributed by atoms with Gasteiger partial charge in [0.2, 0.25) is 0 Å². The molecule has 2 rings (SSSR count). The van der Waals surface area contributed by atoms with Crippen LogP contribution in [0.1, 0.15) is 21.5 Å². The Bertz CT molecular complexity index is 654. The predicted octanol–water partition coefficient (Wildman–Crippen LogP) is 2.70. The predicted molar refractivity (Wildman–Crippen MR) is 74.7 cm³/mol. The molecule has 0 heterocycles. The number of hydrogen-bond acceptors (Lipinski definition) is 3. The molecule has 0 bridgehead atoms. The SMILES string of the molecule is Cc1ccc(N)cc1NC(=O)c1ccc(C#N)cc1. The first-order valence-electron chi connectivity index (χ1n) is 5.78. The number of nitriles is 1. The zero-order chi connectivity index (χ0) is 13.8. The molecule has 0 spiro atoms. The maximum atomic E-state index is 12.0. The second kappa shape index (κ2) is 5.23. The summed E-state index contributed by atoms with van der Waals surface area (Å²) in [6.45, 7) is 1.90. The molecular formula is C15H13N3O. The first-order chi connectivity index (χ1) is 9.10. The first-order valence-corrected chi connectivity index (χ1v) is 5.78. The summed E-state index contributed by atoms with van der Waals surface area (Å²) in [7, 11) is 0. The fourth-order valence-corrected chi connectivity index (χ4v) is 1.66. The van der Waals surface area contributed by atoms with Crippen molar-refractivity contribution in [3.05, 3.63) is 59.2 Å². The molecule has 1 amide bonds. The van der Waals surface area contributed by atoms with Crippen LogP contribution in [0.5, 0.6) is 0 Å². The molecule has 2 aromatic rings. The van der Waals surface area contributed by atoms with Crippen LogP contribution in [0, 0.1) is 18.3 Å². The van der Waals surface area contributed by atoms with Gasteiger partial charge in [-0.15, -0.1) is 0 Å². The second-order valence-electron chi connectivity index (χ2n) is 4.22. The van der Waals surface area contributed by atoms with E-state index in [4.69, 9.17) is 11.0 Å². The topological polar surface area (TPSA) is 78.9 Å². The Morgan fingerprint density at radius 1 is 1.21 bits per heavy atom. The van der Waals surface area contributed by atoms with Gasteiger partial charge in [-0.2, -0.15) is 5.26 Å². The van der Waals surface area contributed by atoms with Crippen molar-refractivity contribution in [1.29, 1.82) is 5.26 Å². The lowest BCUT2D eigenvalue weighted by atomic mass is 10.1. The Morgan fingerprint density at radius 3 is 2.53 bits per heavy atom. The van der Waals surface area contributed by atoms with Crippen LogP contribution in [0.4, 0.5) is 11.4 Å². The molecule has 0 atom stereocenters. The maximum absolute atomic E-state index is 12.0. The summed E-state index contributed by atoms with van der Waals surface area (Å²) in [4.78, 5) is 12.0. The lowest BCUT2D eigenvalue weighted by Crippen LogP contribution is -2.12. The van der Waals surface area contributed by atoms with Gasteiger partial charge in [0.15, 0.2) is 0 Å². The molecule has 0 aliphatic rings. The van der Waals surface area contributed by atoms with Gasteiger partial charge < -0.3 is 11.1 Å². The Kier molecular flexibility index (Phi) is 3.48. The fraction of sp³-hybridized carbons (Fsp3) is 0.0667. The van der Waals surface area contributed by atoms with Crippen LogP contribution in [0.3, 0.4) is 0 Å². The average Bonchev–Trinajstić information content (AvgIpc) is 2.43. The van der Waals surface area contributed by atoms with Gasteiger partial charge in [-0.05, 0) is 48.9 Å². The Balaban J connectivity index is 2.21. The van der Waals surface area contributed by atoms with E-state index in [1.54, 1.807) is 36.4 Å². The van der Waals surface area contributed by atoms with Gasteiger partial charge in [-0.1, -0.05) is 6.07 Å². The minimum absolute atomic E-state index is 0.224. The van der Waals surface area contributed by atoms with Crippen molar-refractivity contribution in [1.82, 2.24) is 0 Å². The largest absolute Gasteiger partial charge is 0.399 e. The smallest absolute Gasteiger partial charge is 0.255 e. The summed E-state index contributed by atoms with van der Waals surface area (Å²) in [5.41, 5.74) is 8.95. The third-order valence-electron chi connectivity index (χ3n) is 2.79. The van der Waals surface area contributed by atoms with Crippen LogP contribution < -0.4 is 11.1 Å². The number of aryl methyl sites for hydroxylation is 1. The molecule has 3 N–H and O–H groups in total. The number of carbonyl (C=O) groups excluding carboxylic acids is 1. The highest BCUT2D eigenvalue weighted by molar-refractivity contribution is 6.04. The number of carbonyl (C=O) groups is 1. The van der Waals surface area contributed by atoms with E-state index < -0.39 is 0 Å². The van der Waals surface area contributed by atoms with Crippen molar-refractivity contribution in [2.24, 2.45) is 0 Å². The molecule has 0 aromatic heterocycles. The number of benzene rings is 2. The Hall–Kier alpha value is -2.80. The van der Waals surface area contributed by atoms with Crippen LogP contribution in [-0.4, -0.2) is 5.91 Å². The molecule has 94 valence electrons.